The van der Waals surface area contributed by atoms with Gasteiger partial charge in [0.1, 0.15) is 5.75 Å². The van der Waals surface area contributed by atoms with E-state index in [1.165, 1.54) is 5.56 Å². The van der Waals surface area contributed by atoms with Gasteiger partial charge in [0, 0.05) is 24.1 Å². The van der Waals surface area contributed by atoms with Crippen LogP contribution >= 0.6 is 0 Å². The van der Waals surface area contributed by atoms with Crippen molar-refractivity contribution >= 4 is 11.6 Å². The van der Waals surface area contributed by atoms with Crippen molar-refractivity contribution in [3.8, 4) is 17.1 Å². The van der Waals surface area contributed by atoms with Crippen LogP contribution < -0.4 is 10.1 Å². The molecule has 0 radical (unpaired) electrons. The van der Waals surface area contributed by atoms with Crippen LogP contribution in [0.1, 0.15) is 30.4 Å². The monoisotopic (exact) mass is 364 g/mol. The quantitative estimate of drug-likeness (QED) is 0.646. The number of ether oxygens (including phenoxy) is 1. The SMILES string of the molecule is CCOc1ccc(-c2cnc(CCC(=O)Nc3ccc(C)cc3C)o2)cc1. The summed E-state index contributed by atoms with van der Waals surface area (Å²) in [5.74, 6) is 2.00. The lowest BCUT2D eigenvalue weighted by Gasteiger charge is -2.08. The number of amides is 1. The van der Waals surface area contributed by atoms with Crippen LogP contribution in [0.25, 0.3) is 11.3 Å². The number of oxazole rings is 1. The minimum atomic E-state index is -0.0530. The predicted octanol–water partition coefficient (Wildman–Crippen LogP) is 4.93. The molecule has 0 bridgehead atoms. The molecule has 0 aliphatic carbocycles. The lowest BCUT2D eigenvalue weighted by molar-refractivity contribution is -0.116. The zero-order valence-electron chi connectivity index (χ0n) is 15.9. The van der Waals surface area contributed by atoms with E-state index >= 15 is 0 Å². The number of nitrogens with one attached hydrogen (secondary N) is 1. The minimum Gasteiger partial charge on any atom is -0.494 e. The Morgan fingerprint density at radius 3 is 2.63 bits per heavy atom. The Bertz CT molecular complexity index is 914. The summed E-state index contributed by atoms with van der Waals surface area (Å²) in [7, 11) is 0. The molecule has 0 atom stereocenters. The molecule has 1 aromatic heterocycles. The average molecular weight is 364 g/mol. The first-order valence-electron chi connectivity index (χ1n) is 9.10. The maximum Gasteiger partial charge on any atom is 0.224 e. The van der Waals surface area contributed by atoms with E-state index < -0.39 is 0 Å². The van der Waals surface area contributed by atoms with Crippen LogP contribution in [0, 0.1) is 13.8 Å². The average Bonchev–Trinajstić information content (AvgIpc) is 3.12. The predicted molar refractivity (Wildman–Crippen MR) is 106 cm³/mol. The van der Waals surface area contributed by atoms with E-state index in [0.29, 0.717) is 31.1 Å². The second-order valence-corrected chi connectivity index (χ2v) is 6.44. The molecule has 5 heteroatoms. The maximum absolute atomic E-state index is 12.2. The number of hydrogen-bond acceptors (Lipinski definition) is 4. The van der Waals surface area contributed by atoms with E-state index in [0.717, 1.165) is 22.6 Å². The van der Waals surface area contributed by atoms with Gasteiger partial charge in [0.05, 0.1) is 12.8 Å². The molecule has 27 heavy (non-hydrogen) atoms. The second kappa shape index (κ2) is 8.54. The van der Waals surface area contributed by atoms with E-state index in [4.69, 9.17) is 9.15 Å². The third-order valence-corrected chi connectivity index (χ3v) is 4.23. The number of rotatable bonds is 7. The summed E-state index contributed by atoms with van der Waals surface area (Å²) < 4.78 is 11.2. The molecule has 3 aromatic rings. The fourth-order valence-electron chi connectivity index (χ4n) is 2.83. The van der Waals surface area contributed by atoms with Gasteiger partial charge in [0.2, 0.25) is 5.91 Å². The highest BCUT2D eigenvalue weighted by Gasteiger charge is 2.10. The number of carbonyl (C=O) groups is 1. The number of aryl methyl sites for hydroxylation is 3. The highest BCUT2D eigenvalue weighted by Crippen LogP contribution is 2.24. The van der Waals surface area contributed by atoms with Crippen molar-refractivity contribution in [3.05, 3.63) is 65.7 Å². The van der Waals surface area contributed by atoms with Crippen molar-refractivity contribution in [1.82, 2.24) is 4.98 Å². The Kier molecular flexibility index (Phi) is 5.91. The third-order valence-electron chi connectivity index (χ3n) is 4.23. The number of benzene rings is 2. The van der Waals surface area contributed by atoms with Crippen molar-refractivity contribution in [2.24, 2.45) is 0 Å². The molecule has 2 aromatic carbocycles. The topological polar surface area (TPSA) is 64.4 Å². The first kappa shape index (κ1) is 18.7. The molecular formula is C22H24N2O3. The summed E-state index contributed by atoms with van der Waals surface area (Å²) in [6.45, 7) is 6.60. The Morgan fingerprint density at radius 1 is 1.15 bits per heavy atom. The molecule has 1 N–H and O–H groups in total. The fraction of sp³-hybridized carbons (Fsp3) is 0.273. The minimum absolute atomic E-state index is 0.0530. The lowest BCUT2D eigenvalue weighted by atomic mass is 10.1. The fourth-order valence-corrected chi connectivity index (χ4v) is 2.83. The van der Waals surface area contributed by atoms with E-state index in [2.05, 4.69) is 10.3 Å². The van der Waals surface area contributed by atoms with E-state index in [-0.39, 0.29) is 5.91 Å². The van der Waals surface area contributed by atoms with Gasteiger partial charge in [-0.05, 0) is 56.7 Å². The summed E-state index contributed by atoms with van der Waals surface area (Å²) in [5.41, 5.74) is 3.99. The smallest absolute Gasteiger partial charge is 0.224 e. The second-order valence-electron chi connectivity index (χ2n) is 6.44. The normalized spacial score (nSPS) is 10.6. The number of hydrogen-bond donors (Lipinski definition) is 1. The number of carbonyl (C=O) groups excluding carboxylic acids is 1. The highest BCUT2D eigenvalue weighted by atomic mass is 16.5. The number of anilines is 1. The van der Waals surface area contributed by atoms with Gasteiger partial charge in [-0.3, -0.25) is 4.79 Å². The van der Waals surface area contributed by atoms with Crippen LogP contribution in [-0.2, 0) is 11.2 Å². The number of aromatic nitrogens is 1. The van der Waals surface area contributed by atoms with E-state index in [1.54, 1.807) is 6.20 Å². The standard InChI is InChI=1S/C22H24N2O3/c1-4-26-18-8-6-17(7-9-18)20-14-23-22(27-20)12-11-21(25)24-19-10-5-15(2)13-16(19)3/h5-10,13-14H,4,11-12H2,1-3H3,(H,24,25). The maximum atomic E-state index is 12.2. The van der Waals surface area contributed by atoms with Gasteiger partial charge in [-0.15, -0.1) is 0 Å². The van der Waals surface area contributed by atoms with E-state index in [9.17, 15) is 4.79 Å². The summed E-state index contributed by atoms with van der Waals surface area (Å²) in [6.07, 6.45) is 2.46. The molecular weight excluding hydrogens is 340 g/mol. The molecule has 140 valence electrons. The molecule has 0 aliphatic heterocycles. The van der Waals surface area contributed by atoms with Gasteiger partial charge in [-0.2, -0.15) is 0 Å². The zero-order chi connectivity index (χ0) is 19.2. The van der Waals surface area contributed by atoms with Crippen LogP contribution in [0.4, 0.5) is 5.69 Å². The van der Waals surface area contributed by atoms with E-state index in [1.807, 2.05) is 63.2 Å². The third kappa shape index (κ3) is 4.97. The molecule has 0 saturated carbocycles. The molecule has 1 heterocycles. The van der Waals surface area contributed by atoms with Crippen molar-refractivity contribution < 1.29 is 13.9 Å². The largest absolute Gasteiger partial charge is 0.494 e. The summed E-state index contributed by atoms with van der Waals surface area (Å²) >= 11 is 0. The Morgan fingerprint density at radius 2 is 1.93 bits per heavy atom. The summed E-state index contributed by atoms with van der Waals surface area (Å²) in [5, 5.41) is 2.94. The Balaban J connectivity index is 1.56. The molecule has 3 rings (SSSR count). The van der Waals surface area contributed by atoms with Crippen LogP contribution in [-0.4, -0.2) is 17.5 Å². The molecule has 0 spiro atoms. The first-order chi connectivity index (χ1) is 13.0. The molecule has 1 amide bonds. The molecule has 0 fully saturated rings. The van der Waals surface area contributed by atoms with Gasteiger partial charge in [0.25, 0.3) is 0 Å². The van der Waals surface area contributed by atoms with Gasteiger partial charge in [-0.1, -0.05) is 17.7 Å². The summed E-state index contributed by atoms with van der Waals surface area (Å²) in [6, 6.07) is 13.6. The van der Waals surface area contributed by atoms with Crippen LogP contribution in [0.3, 0.4) is 0 Å². The molecule has 0 saturated heterocycles. The highest BCUT2D eigenvalue weighted by molar-refractivity contribution is 5.91. The molecule has 0 aliphatic rings. The van der Waals surface area contributed by atoms with Gasteiger partial charge in [-0.25, -0.2) is 4.98 Å². The van der Waals surface area contributed by atoms with Gasteiger partial charge >= 0.3 is 0 Å². The van der Waals surface area contributed by atoms with Crippen molar-refractivity contribution in [1.29, 1.82) is 0 Å². The first-order valence-corrected chi connectivity index (χ1v) is 9.10. The van der Waals surface area contributed by atoms with Gasteiger partial charge < -0.3 is 14.5 Å². The van der Waals surface area contributed by atoms with Gasteiger partial charge in [0.15, 0.2) is 11.7 Å². The molecule has 0 unspecified atom stereocenters. The van der Waals surface area contributed by atoms with Crippen LogP contribution in [0.15, 0.2) is 53.1 Å². The Hall–Kier alpha value is -3.08. The zero-order valence-corrected chi connectivity index (χ0v) is 15.9. The van der Waals surface area contributed by atoms with Crippen LogP contribution in [0.5, 0.6) is 5.75 Å². The van der Waals surface area contributed by atoms with Crippen molar-refractivity contribution in [3.63, 3.8) is 0 Å². The van der Waals surface area contributed by atoms with Crippen LogP contribution in [0.2, 0.25) is 0 Å². The number of nitrogens with zero attached hydrogens (tertiary/aromatic N) is 1. The van der Waals surface area contributed by atoms with Crippen molar-refractivity contribution in [2.75, 3.05) is 11.9 Å². The van der Waals surface area contributed by atoms with Crippen molar-refractivity contribution in [2.45, 2.75) is 33.6 Å². The lowest BCUT2D eigenvalue weighted by Crippen LogP contribution is -2.13. The summed E-state index contributed by atoms with van der Waals surface area (Å²) in [4.78, 5) is 16.5. The molecule has 5 nitrogen and oxygen atoms in total. The Labute approximate surface area is 159 Å².